The lowest BCUT2D eigenvalue weighted by molar-refractivity contribution is -0.0341. The number of anilines is 1. The average molecular weight is 514 g/mol. The number of aromatic carboxylic acids is 1. The SMILES string of the molecule is C=C(C1CCC(C)CC1)N(c1cc(C#CC(C)(C)C)sc1C(=O)O)C1CCC(OC2CCOC2)CC1. The molecule has 1 N–H and O–H groups in total. The molecule has 1 atom stereocenters. The van der Waals surface area contributed by atoms with Crippen LogP contribution >= 0.6 is 11.3 Å². The average Bonchev–Trinajstić information content (AvgIpc) is 3.49. The Hall–Kier alpha value is -1.81. The van der Waals surface area contributed by atoms with Crippen molar-refractivity contribution in [3.05, 3.63) is 28.1 Å². The van der Waals surface area contributed by atoms with E-state index in [-0.39, 0.29) is 23.7 Å². The van der Waals surface area contributed by atoms with Gasteiger partial charge in [0.15, 0.2) is 0 Å². The van der Waals surface area contributed by atoms with Gasteiger partial charge in [-0.2, -0.15) is 0 Å². The van der Waals surface area contributed by atoms with Crippen LogP contribution in [0.2, 0.25) is 0 Å². The third kappa shape index (κ3) is 6.94. The number of nitrogens with zero attached hydrogens (tertiary/aromatic N) is 1. The van der Waals surface area contributed by atoms with Crippen molar-refractivity contribution in [3.8, 4) is 11.8 Å². The molecule has 3 fully saturated rings. The largest absolute Gasteiger partial charge is 0.477 e. The Bertz CT molecular complexity index is 975. The molecular formula is C30H43NO4S. The first kappa shape index (κ1) is 27.2. The van der Waals surface area contributed by atoms with Gasteiger partial charge in [0.25, 0.3) is 0 Å². The summed E-state index contributed by atoms with van der Waals surface area (Å²) in [5.41, 5.74) is 1.73. The molecule has 2 saturated carbocycles. The van der Waals surface area contributed by atoms with Crippen molar-refractivity contribution < 1.29 is 19.4 Å². The predicted molar refractivity (Wildman–Crippen MR) is 147 cm³/mol. The van der Waals surface area contributed by atoms with Crippen LogP contribution in [0, 0.1) is 29.1 Å². The van der Waals surface area contributed by atoms with Crippen LogP contribution in [0.4, 0.5) is 5.69 Å². The van der Waals surface area contributed by atoms with Crippen LogP contribution in [-0.2, 0) is 9.47 Å². The second-order valence-electron chi connectivity index (χ2n) is 12.0. The summed E-state index contributed by atoms with van der Waals surface area (Å²) in [6.07, 6.45) is 10.0. The molecule has 1 saturated heterocycles. The first-order valence-corrected chi connectivity index (χ1v) is 14.5. The fourth-order valence-corrected chi connectivity index (χ4v) is 6.57. The van der Waals surface area contributed by atoms with E-state index in [1.54, 1.807) is 0 Å². The lowest BCUT2D eigenvalue weighted by Crippen LogP contribution is -2.42. The van der Waals surface area contributed by atoms with E-state index in [1.165, 1.54) is 24.2 Å². The minimum Gasteiger partial charge on any atom is -0.477 e. The van der Waals surface area contributed by atoms with Gasteiger partial charge in [0.05, 0.1) is 29.4 Å². The second kappa shape index (κ2) is 11.7. The Labute approximate surface area is 221 Å². The van der Waals surface area contributed by atoms with Crippen LogP contribution in [0.5, 0.6) is 0 Å². The van der Waals surface area contributed by atoms with Crippen molar-refractivity contribution in [2.45, 2.75) is 104 Å². The number of carboxylic acid groups (broad SMARTS) is 1. The highest BCUT2D eigenvalue weighted by molar-refractivity contribution is 7.15. The highest BCUT2D eigenvalue weighted by Crippen LogP contribution is 2.42. The molecule has 0 amide bonds. The molecule has 6 heteroatoms. The highest BCUT2D eigenvalue weighted by atomic mass is 32.1. The molecule has 0 radical (unpaired) electrons. The van der Waals surface area contributed by atoms with E-state index in [2.05, 4.69) is 51.0 Å². The highest BCUT2D eigenvalue weighted by Gasteiger charge is 2.35. The van der Waals surface area contributed by atoms with Gasteiger partial charge >= 0.3 is 5.97 Å². The van der Waals surface area contributed by atoms with Gasteiger partial charge in [-0.3, -0.25) is 0 Å². The van der Waals surface area contributed by atoms with E-state index >= 15 is 0 Å². The molecule has 198 valence electrons. The topological polar surface area (TPSA) is 59.0 Å². The van der Waals surface area contributed by atoms with E-state index in [1.807, 2.05) is 6.07 Å². The molecule has 1 aliphatic heterocycles. The fourth-order valence-electron chi connectivity index (χ4n) is 5.73. The number of hydrogen-bond donors (Lipinski definition) is 1. The van der Waals surface area contributed by atoms with Gasteiger partial charge in [-0.1, -0.05) is 38.2 Å². The Morgan fingerprint density at radius 3 is 2.39 bits per heavy atom. The van der Waals surface area contributed by atoms with Gasteiger partial charge in [0.1, 0.15) is 4.88 Å². The number of carbonyl (C=O) groups is 1. The zero-order chi connectivity index (χ0) is 25.9. The third-order valence-electron chi connectivity index (χ3n) is 7.81. The number of allylic oxidation sites excluding steroid dienone is 1. The quantitative estimate of drug-likeness (QED) is 0.394. The zero-order valence-electron chi connectivity index (χ0n) is 22.5. The van der Waals surface area contributed by atoms with Crippen molar-refractivity contribution in [2.24, 2.45) is 17.3 Å². The third-order valence-corrected chi connectivity index (χ3v) is 8.83. The monoisotopic (exact) mass is 513 g/mol. The van der Waals surface area contributed by atoms with Crippen LogP contribution in [0.25, 0.3) is 0 Å². The number of hydrogen-bond acceptors (Lipinski definition) is 5. The Morgan fingerprint density at radius 1 is 1.11 bits per heavy atom. The predicted octanol–water partition coefficient (Wildman–Crippen LogP) is 7.11. The first-order valence-electron chi connectivity index (χ1n) is 13.7. The van der Waals surface area contributed by atoms with Crippen molar-refractivity contribution in [2.75, 3.05) is 18.1 Å². The summed E-state index contributed by atoms with van der Waals surface area (Å²) in [7, 11) is 0. The smallest absolute Gasteiger partial charge is 0.348 e. The maximum Gasteiger partial charge on any atom is 0.348 e. The van der Waals surface area contributed by atoms with E-state index in [0.29, 0.717) is 17.4 Å². The minimum absolute atomic E-state index is 0.141. The molecule has 1 unspecified atom stereocenters. The summed E-state index contributed by atoms with van der Waals surface area (Å²) < 4.78 is 11.8. The van der Waals surface area contributed by atoms with Crippen LogP contribution in [0.15, 0.2) is 18.3 Å². The molecule has 36 heavy (non-hydrogen) atoms. The molecule has 0 bridgehead atoms. The molecule has 4 rings (SSSR count). The number of carboxylic acids is 1. The molecule has 1 aromatic rings. The molecule has 2 aliphatic carbocycles. The molecule has 0 aromatic carbocycles. The second-order valence-corrected chi connectivity index (χ2v) is 13.1. The Kier molecular flexibility index (Phi) is 8.86. The standard InChI is InChI=1S/C30H43NO4S/c1-20-6-8-22(9-7-20)21(2)31(23-10-12-24(13-11-23)35-25-15-17-34-19-25)27-18-26(14-16-30(3,4)5)36-28(27)29(32)33/h18,20,22-25H,2,6-13,15,17,19H2,1,3-5H3,(H,32,33). The summed E-state index contributed by atoms with van der Waals surface area (Å²) in [5, 5.41) is 10.2. The van der Waals surface area contributed by atoms with E-state index in [0.717, 1.165) is 73.7 Å². The molecule has 2 heterocycles. The summed E-state index contributed by atoms with van der Waals surface area (Å²) in [6.45, 7) is 14.7. The molecule has 1 aromatic heterocycles. The van der Waals surface area contributed by atoms with Crippen molar-refractivity contribution in [3.63, 3.8) is 0 Å². The molecule has 5 nitrogen and oxygen atoms in total. The number of ether oxygens (including phenoxy) is 2. The fraction of sp³-hybridized carbons (Fsp3) is 0.700. The summed E-state index contributed by atoms with van der Waals surface area (Å²) in [6, 6.07) is 2.23. The lowest BCUT2D eigenvalue weighted by atomic mass is 9.80. The molecule has 3 aliphatic rings. The first-order chi connectivity index (χ1) is 17.1. The van der Waals surface area contributed by atoms with Crippen LogP contribution in [0.3, 0.4) is 0 Å². The summed E-state index contributed by atoms with van der Waals surface area (Å²) in [5.74, 6) is 6.79. The van der Waals surface area contributed by atoms with E-state index in [4.69, 9.17) is 9.47 Å². The van der Waals surface area contributed by atoms with Crippen LogP contribution in [-0.4, -0.2) is 42.5 Å². The normalized spacial score (nSPS) is 28.8. The van der Waals surface area contributed by atoms with Crippen molar-refractivity contribution in [1.82, 2.24) is 0 Å². The van der Waals surface area contributed by atoms with E-state index < -0.39 is 5.97 Å². The minimum atomic E-state index is -0.882. The van der Waals surface area contributed by atoms with Crippen molar-refractivity contribution >= 4 is 23.0 Å². The van der Waals surface area contributed by atoms with E-state index in [9.17, 15) is 9.90 Å². The van der Waals surface area contributed by atoms with Gasteiger partial charge in [-0.05, 0) is 83.6 Å². The molecule has 0 spiro atoms. The van der Waals surface area contributed by atoms with Crippen molar-refractivity contribution in [1.29, 1.82) is 0 Å². The summed E-state index contributed by atoms with van der Waals surface area (Å²) >= 11 is 1.29. The maximum absolute atomic E-state index is 12.4. The Balaban J connectivity index is 1.60. The number of rotatable bonds is 7. The Morgan fingerprint density at radius 2 is 1.81 bits per heavy atom. The van der Waals surface area contributed by atoms with Crippen LogP contribution in [0.1, 0.15) is 100 Å². The van der Waals surface area contributed by atoms with Gasteiger partial charge in [-0.25, -0.2) is 4.79 Å². The molecular weight excluding hydrogens is 470 g/mol. The van der Waals surface area contributed by atoms with Crippen LogP contribution < -0.4 is 4.90 Å². The van der Waals surface area contributed by atoms with Gasteiger partial charge in [0, 0.05) is 23.8 Å². The maximum atomic E-state index is 12.4. The summed E-state index contributed by atoms with van der Waals surface area (Å²) in [4.78, 5) is 15.9. The lowest BCUT2D eigenvalue weighted by Gasteiger charge is -2.42. The zero-order valence-corrected chi connectivity index (χ0v) is 23.3. The number of thiophene rings is 1. The van der Waals surface area contributed by atoms with Gasteiger partial charge in [-0.15, -0.1) is 11.3 Å². The van der Waals surface area contributed by atoms with Gasteiger partial charge < -0.3 is 19.5 Å². The van der Waals surface area contributed by atoms with Gasteiger partial charge in [0.2, 0.25) is 0 Å².